The monoisotopic (exact) mass is 310 g/mol. The number of piperidine rings is 1. The normalized spacial score (nSPS) is 31.6. The first kappa shape index (κ1) is 12.4. The molecule has 3 rings (SSSR count). The van der Waals surface area contributed by atoms with Crippen molar-refractivity contribution in [1.82, 2.24) is 9.88 Å². The summed E-state index contributed by atoms with van der Waals surface area (Å²) in [5, 5.41) is 0. The van der Waals surface area contributed by atoms with Gasteiger partial charge < -0.3 is 4.74 Å². The number of halogens is 1. The number of ether oxygens (including phenoxy) is 1. The van der Waals surface area contributed by atoms with Crippen molar-refractivity contribution in [3.05, 3.63) is 23.9 Å². The maximum Gasteiger partial charge on any atom is 0.213 e. The van der Waals surface area contributed by atoms with Crippen molar-refractivity contribution < 1.29 is 4.74 Å². The SMILES string of the molecule is COc1cccc(CN2C3CCC2CC(Br)C3)n1. The Morgan fingerprint density at radius 1 is 1.33 bits per heavy atom. The third-order valence-corrected chi connectivity index (χ3v) is 4.91. The molecule has 2 aliphatic heterocycles. The van der Waals surface area contributed by atoms with Crippen molar-refractivity contribution in [2.24, 2.45) is 0 Å². The lowest BCUT2D eigenvalue weighted by molar-refractivity contribution is 0.135. The molecule has 0 N–H and O–H groups in total. The summed E-state index contributed by atoms with van der Waals surface area (Å²) in [4.78, 5) is 7.88. The summed E-state index contributed by atoms with van der Waals surface area (Å²) in [6, 6.07) is 7.51. The van der Waals surface area contributed by atoms with Crippen LogP contribution in [-0.4, -0.2) is 33.9 Å². The molecule has 2 fully saturated rings. The smallest absolute Gasteiger partial charge is 0.213 e. The minimum Gasteiger partial charge on any atom is -0.481 e. The Bertz CT molecular complexity index is 412. The van der Waals surface area contributed by atoms with E-state index >= 15 is 0 Å². The van der Waals surface area contributed by atoms with E-state index in [-0.39, 0.29) is 0 Å². The Kier molecular flexibility index (Phi) is 3.57. The molecule has 2 unspecified atom stereocenters. The van der Waals surface area contributed by atoms with Crippen LogP contribution in [0.1, 0.15) is 31.4 Å². The molecule has 1 aromatic heterocycles. The molecule has 0 radical (unpaired) electrons. The Balaban J connectivity index is 1.73. The Hall–Kier alpha value is -0.610. The third-order valence-electron chi connectivity index (χ3n) is 4.16. The maximum atomic E-state index is 5.19. The highest BCUT2D eigenvalue weighted by Crippen LogP contribution is 2.39. The molecule has 4 heteroatoms. The summed E-state index contributed by atoms with van der Waals surface area (Å²) in [7, 11) is 1.67. The highest BCUT2D eigenvalue weighted by molar-refractivity contribution is 9.09. The molecule has 1 aromatic rings. The van der Waals surface area contributed by atoms with Gasteiger partial charge in [-0.15, -0.1) is 0 Å². The number of hydrogen-bond acceptors (Lipinski definition) is 3. The molecule has 2 saturated heterocycles. The van der Waals surface area contributed by atoms with E-state index in [0.717, 1.165) is 30.2 Å². The van der Waals surface area contributed by atoms with E-state index in [1.165, 1.54) is 25.7 Å². The van der Waals surface area contributed by atoms with E-state index in [1.807, 2.05) is 12.1 Å². The van der Waals surface area contributed by atoms with Crippen LogP contribution in [-0.2, 0) is 6.54 Å². The Morgan fingerprint density at radius 3 is 2.72 bits per heavy atom. The zero-order valence-corrected chi connectivity index (χ0v) is 12.3. The Labute approximate surface area is 117 Å². The second kappa shape index (κ2) is 5.17. The molecule has 0 saturated carbocycles. The van der Waals surface area contributed by atoms with Crippen molar-refractivity contribution >= 4 is 15.9 Å². The fraction of sp³-hybridized carbons (Fsp3) is 0.643. The molecule has 2 atom stereocenters. The lowest BCUT2D eigenvalue weighted by Crippen LogP contribution is -2.42. The van der Waals surface area contributed by atoms with Gasteiger partial charge >= 0.3 is 0 Å². The van der Waals surface area contributed by atoms with Crippen LogP contribution in [0.2, 0.25) is 0 Å². The van der Waals surface area contributed by atoms with E-state index in [2.05, 4.69) is 31.9 Å². The molecule has 3 heterocycles. The second-order valence-corrected chi connectivity index (χ2v) is 6.59. The minimum absolute atomic E-state index is 0.713. The predicted octanol–water partition coefficient (Wildman–Crippen LogP) is 2.98. The van der Waals surface area contributed by atoms with Crippen LogP contribution < -0.4 is 4.74 Å². The number of pyridine rings is 1. The summed E-state index contributed by atoms with van der Waals surface area (Å²) in [5.41, 5.74) is 1.12. The lowest BCUT2D eigenvalue weighted by Gasteiger charge is -2.36. The number of methoxy groups -OCH3 is 1. The molecule has 0 aliphatic carbocycles. The first-order valence-corrected chi connectivity index (χ1v) is 7.57. The number of rotatable bonds is 3. The van der Waals surface area contributed by atoms with Gasteiger partial charge in [-0.2, -0.15) is 0 Å². The van der Waals surface area contributed by atoms with E-state index in [0.29, 0.717) is 4.83 Å². The van der Waals surface area contributed by atoms with E-state index in [4.69, 9.17) is 4.74 Å². The standard InChI is InChI=1S/C14H19BrN2O/c1-18-14-4-2-3-11(16-14)9-17-12-5-6-13(17)8-10(15)7-12/h2-4,10,12-13H,5-9H2,1H3. The van der Waals surface area contributed by atoms with Crippen LogP contribution >= 0.6 is 15.9 Å². The highest BCUT2D eigenvalue weighted by atomic mass is 79.9. The van der Waals surface area contributed by atoms with Gasteiger partial charge in [-0.25, -0.2) is 4.98 Å². The number of hydrogen-bond donors (Lipinski definition) is 0. The minimum atomic E-state index is 0.713. The number of fused-ring (bicyclic) bond motifs is 2. The van der Waals surface area contributed by atoms with Crippen molar-refractivity contribution in [2.75, 3.05) is 7.11 Å². The second-order valence-electron chi connectivity index (χ2n) is 5.30. The average molecular weight is 311 g/mol. The van der Waals surface area contributed by atoms with E-state index < -0.39 is 0 Å². The summed E-state index contributed by atoms with van der Waals surface area (Å²) in [6.07, 6.45) is 5.24. The van der Waals surface area contributed by atoms with Crippen LogP contribution in [0.5, 0.6) is 5.88 Å². The summed E-state index contributed by atoms with van der Waals surface area (Å²) in [6.45, 7) is 0.965. The molecule has 2 aliphatic rings. The fourth-order valence-corrected chi connectivity index (χ4v) is 4.18. The van der Waals surface area contributed by atoms with Crippen LogP contribution in [0.25, 0.3) is 0 Å². The van der Waals surface area contributed by atoms with Gasteiger partial charge in [-0.05, 0) is 31.7 Å². The van der Waals surface area contributed by atoms with Gasteiger partial charge in [0.15, 0.2) is 0 Å². The quantitative estimate of drug-likeness (QED) is 0.803. The molecular weight excluding hydrogens is 292 g/mol. The summed E-state index contributed by atoms with van der Waals surface area (Å²) < 4.78 is 5.19. The molecule has 2 bridgehead atoms. The van der Waals surface area contributed by atoms with Gasteiger partial charge in [0, 0.05) is 29.5 Å². The zero-order valence-electron chi connectivity index (χ0n) is 10.7. The topological polar surface area (TPSA) is 25.4 Å². The average Bonchev–Trinajstić information content (AvgIpc) is 2.62. The highest BCUT2D eigenvalue weighted by Gasteiger charge is 2.39. The van der Waals surface area contributed by atoms with Crippen LogP contribution in [0, 0.1) is 0 Å². The maximum absolute atomic E-state index is 5.19. The zero-order chi connectivity index (χ0) is 12.5. The van der Waals surface area contributed by atoms with Crippen LogP contribution in [0.3, 0.4) is 0 Å². The van der Waals surface area contributed by atoms with E-state index in [9.17, 15) is 0 Å². The molecule has 0 amide bonds. The third kappa shape index (κ3) is 2.41. The molecular formula is C14H19BrN2O. The number of aromatic nitrogens is 1. The molecule has 0 spiro atoms. The first-order chi connectivity index (χ1) is 8.76. The van der Waals surface area contributed by atoms with Gasteiger partial charge in [-0.1, -0.05) is 22.0 Å². The Morgan fingerprint density at radius 2 is 2.06 bits per heavy atom. The van der Waals surface area contributed by atoms with Crippen LogP contribution in [0.15, 0.2) is 18.2 Å². The summed E-state index contributed by atoms with van der Waals surface area (Å²) >= 11 is 3.78. The van der Waals surface area contributed by atoms with Crippen LogP contribution in [0.4, 0.5) is 0 Å². The molecule has 98 valence electrons. The van der Waals surface area contributed by atoms with Gasteiger partial charge in [0.25, 0.3) is 0 Å². The number of alkyl halides is 1. The van der Waals surface area contributed by atoms with Crippen molar-refractivity contribution in [3.63, 3.8) is 0 Å². The molecule has 3 nitrogen and oxygen atoms in total. The van der Waals surface area contributed by atoms with E-state index in [1.54, 1.807) is 7.11 Å². The van der Waals surface area contributed by atoms with Gasteiger partial charge in [-0.3, -0.25) is 4.90 Å². The van der Waals surface area contributed by atoms with Gasteiger partial charge in [0.2, 0.25) is 5.88 Å². The van der Waals surface area contributed by atoms with Crippen molar-refractivity contribution in [2.45, 2.75) is 49.1 Å². The lowest BCUT2D eigenvalue weighted by atomic mass is 10.0. The summed E-state index contributed by atoms with van der Waals surface area (Å²) in [5.74, 6) is 0.718. The number of nitrogens with zero attached hydrogens (tertiary/aromatic N) is 2. The van der Waals surface area contributed by atoms with Crippen molar-refractivity contribution in [1.29, 1.82) is 0 Å². The predicted molar refractivity (Wildman–Crippen MR) is 75.1 cm³/mol. The molecule has 0 aromatic carbocycles. The van der Waals surface area contributed by atoms with Gasteiger partial charge in [0.1, 0.15) is 0 Å². The van der Waals surface area contributed by atoms with Crippen molar-refractivity contribution in [3.8, 4) is 5.88 Å². The largest absolute Gasteiger partial charge is 0.481 e. The first-order valence-electron chi connectivity index (χ1n) is 6.66. The van der Waals surface area contributed by atoms with Gasteiger partial charge in [0.05, 0.1) is 12.8 Å². The molecule has 18 heavy (non-hydrogen) atoms. The fourth-order valence-electron chi connectivity index (χ4n) is 3.31.